The number of piperidine rings is 2. The van der Waals surface area contributed by atoms with E-state index in [1.54, 1.807) is 0 Å². The molecule has 0 amide bonds. The fourth-order valence-electron chi connectivity index (χ4n) is 11.3. The van der Waals surface area contributed by atoms with Crippen LogP contribution in [0.1, 0.15) is 190 Å². The van der Waals surface area contributed by atoms with Gasteiger partial charge in [-0.3, -0.25) is 9.68 Å². The highest BCUT2D eigenvalue weighted by atomic mass is 16.7. The zero-order valence-electron chi connectivity index (χ0n) is 39.2. The molecule has 4 aliphatic rings. The number of benzene rings is 1. The number of unbranched alkanes of at least 4 members (excludes halogenated alkanes) is 2. The molecule has 2 aliphatic carbocycles. The van der Waals surface area contributed by atoms with E-state index in [9.17, 15) is 0 Å². The van der Waals surface area contributed by atoms with E-state index in [-0.39, 0.29) is 34.2 Å². The summed E-state index contributed by atoms with van der Waals surface area (Å²) >= 11 is 0. The highest BCUT2D eigenvalue weighted by Gasteiger charge is 2.51. The Hall–Kier alpha value is -2.53. The first kappa shape index (κ1) is 46.0. The Morgan fingerprint density at radius 1 is 0.593 bits per heavy atom. The molecule has 0 unspecified atom stereocenters. The second-order valence-electron chi connectivity index (χ2n) is 21.2. The summed E-state index contributed by atoms with van der Waals surface area (Å²) in [5.41, 5.74) is 0.692. The average molecular weight is 817 g/mol. The van der Waals surface area contributed by atoms with Gasteiger partial charge in [-0.25, -0.2) is 0 Å². The van der Waals surface area contributed by atoms with Crippen molar-refractivity contribution < 1.29 is 9.68 Å². The minimum Gasteiger partial charge on any atom is -0.354 e. The predicted octanol–water partition coefficient (Wildman–Crippen LogP) is 11.3. The molecule has 2 saturated carbocycles. The zero-order valence-corrected chi connectivity index (χ0v) is 39.2. The van der Waals surface area contributed by atoms with Gasteiger partial charge in [0, 0.05) is 53.9 Å². The van der Waals surface area contributed by atoms with Gasteiger partial charge in [-0.15, -0.1) is 0 Å². The van der Waals surface area contributed by atoms with E-state index >= 15 is 0 Å². The molecule has 10 nitrogen and oxygen atoms in total. The van der Waals surface area contributed by atoms with Crippen LogP contribution in [0.4, 0.5) is 17.8 Å². The Labute approximate surface area is 359 Å². The van der Waals surface area contributed by atoms with Gasteiger partial charge >= 0.3 is 0 Å². The molecule has 0 spiro atoms. The van der Waals surface area contributed by atoms with Crippen molar-refractivity contribution in [1.82, 2.24) is 25.1 Å². The topological polar surface area (TPSA) is 82.1 Å². The molecule has 59 heavy (non-hydrogen) atoms. The van der Waals surface area contributed by atoms with Crippen LogP contribution >= 0.6 is 0 Å². The minimum absolute atomic E-state index is 0.154. The van der Waals surface area contributed by atoms with Crippen molar-refractivity contribution in [3.8, 4) is 0 Å². The summed E-state index contributed by atoms with van der Waals surface area (Å²) in [5, 5.41) is 8.48. The van der Waals surface area contributed by atoms with Gasteiger partial charge in [0.1, 0.15) is 0 Å². The van der Waals surface area contributed by atoms with E-state index in [0.29, 0.717) is 18.2 Å². The van der Waals surface area contributed by atoms with E-state index in [1.807, 2.05) is 0 Å². The number of anilines is 3. The van der Waals surface area contributed by atoms with Crippen LogP contribution in [0.15, 0.2) is 30.3 Å². The lowest BCUT2D eigenvalue weighted by molar-refractivity contribution is -0.310. The lowest BCUT2D eigenvalue weighted by Crippen LogP contribution is -2.65. The van der Waals surface area contributed by atoms with Crippen LogP contribution in [-0.2, 0) is 16.1 Å². The molecule has 0 atom stereocenters. The summed E-state index contributed by atoms with van der Waals surface area (Å²) in [6.07, 6.45) is 22.3. The third-order valence-electron chi connectivity index (χ3n) is 13.8. The summed E-state index contributed by atoms with van der Waals surface area (Å²) in [7, 11) is 0. The first-order valence-corrected chi connectivity index (χ1v) is 24.1. The van der Waals surface area contributed by atoms with Crippen molar-refractivity contribution in [3.63, 3.8) is 0 Å². The standard InChI is InChI=1S/C49H84N8O2/c1-11-13-32-54(39-34-46(3,4)56(47(5,6)35-39)58-41-26-20-16-21-27-41)44-51-43(50-31-30-38-24-18-15-19-25-38)52-45(53-44)55(33-14-12-2)40-36-48(7,8)57(49(9,10)37-40)59-42-28-22-17-23-29-42/h15,18-19,24-25,39-42H,11-14,16-17,20-23,26-37H2,1-10H3,(H,50,51,52,53). The summed E-state index contributed by atoms with van der Waals surface area (Å²) in [4.78, 5) is 35.3. The third kappa shape index (κ3) is 11.9. The van der Waals surface area contributed by atoms with Crippen LogP contribution in [0.5, 0.6) is 0 Å². The van der Waals surface area contributed by atoms with Gasteiger partial charge in [0.15, 0.2) is 0 Å². The van der Waals surface area contributed by atoms with Gasteiger partial charge in [0.25, 0.3) is 0 Å². The molecular formula is C49H84N8O2. The SMILES string of the molecule is CCCCN(c1nc(NCCc2ccccc2)nc(N(CCCC)C2CC(C)(C)N(OC3CCCCC3)C(C)(C)C2)n1)C1CC(C)(C)N(OC2CCCCC2)C(C)(C)C1. The second kappa shape index (κ2) is 20.1. The van der Waals surface area contributed by atoms with E-state index in [4.69, 9.17) is 24.6 Å². The zero-order chi connectivity index (χ0) is 42.3. The Balaban J connectivity index is 1.34. The molecule has 6 rings (SSSR count). The highest BCUT2D eigenvalue weighted by Crippen LogP contribution is 2.45. The Bertz CT molecular complexity index is 1440. The molecule has 1 aromatic heterocycles. The fourth-order valence-corrected chi connectivity index (χ4v) is 11.3. The third-order valence-corrected chi connectivity index (χ3v) is 13.8. The molecule has 10 heteroatoms. The van der Waals surface area contributed by atoms with Crippen molar-refractivity contribution in [3.05, 3.63) is 35.9 Å². The lowest BCUT2D eigenvalue weighted by Gasteiger charge is -2.57. The Morgan fingerprint density at radius 2 is 1.00 bits per heavy atom. The number of nitrogens with zero attached hydrogens (tertiary/aromatic N) is 7. The van der Waals surface area contributed by atoms with Crippen LogP contribution < -0.4 is 15.1 Å². The lowest BCUT2D eigenvalue weighted by atomic mass is 9.78. The molecular weight excluding hydrogens is 733 g/mol. The first-order chi connectivity index (χ1) is 28.1. The van der Waals surface area contributed by atoms with Crippen molar-refractivity contribution >= 4 is 17.8 Å². The maximum atomic E-state index is 6.96. The van der Waals surface area contributed by atoms with Crippen molar-refractivity contribution in [2.75, 3.05) is 34.8 Å². The summed E-state index contributed by atoms with van der Waals surface area (Å²) in [6, 6.07) is 11.2. The molecule has 332 valence electrons. The van der Waals surface area contributed by atoms with Crippen LogP contribution in [-0.4, -0.2) is 91.2 Å². The number of hydrogen-bond acceptors (Lipinski definition) is 10. The van der Waals surface area contributed by atoms with Gasteiger partial charge in [-0.2, -0.15) is 25.1 Å². The number of rotatable bonds is 18. The predicted molar refractivity (Wildman–Crippen MR) is 245 cm³/mol. The smallest absolute Gasteiger partial charge is 0.232 e. The molecule has 2 aromatic rings. The van der Waals surface area contributed by atoms with Gasteiger partial charge in [0.2, 0.25) is 17.8 Å². The van der Waals surface area contributed by atoms with Crippen molar-refractivity contribution in [2.45, 2.75) is 238 Å². The van der Waals surface area contributed by atoms with Gasteiger partial charge in [0.05, 0.1) is 12.2 Å². The number of aromatic nitrogens is 3. The monoisotopic (exact) mass is 817 g/mol. The second-order valence-corrected chi connectivity index (χ2v) is 21.2. The first-order valence-electron chi connectivity index (χ1n) is 24.1. The molecule has 2 aliphatic heterocycles. The maximum absolute atomic E-state index is 6.96. The molecule has 0 bridgehead atoms. The summed E-state index contributed by atoms with van der Waals surface area (Å²) in [5.74, 6) is 2.29. The average Bonchev–Trinajstić information content (AvgIpc) is 3.19. The summed E-state index contributed by atoms with van der Waals surface area (Å²) < 4.78 is 0. The van der Waals surface area contributed by atoms with Crippen LogP contribution in [0, 0.1) is 0 Å². The molecule has 0 radical (unpaired) electrons. The normalized spacial score (nSPS) is 23.3. The minimum atomic E-state index is -0.154. The quantitative estimate of drug-likeness (QED) is 0.157. The Morgan fingerprint density at radius 3 is 1.39 bits per heavy atom. The van der Waals surface area contributed by atoms with Crippen molar-refractivity contribution in [2.24, 2.45) is 0 Å². The van der Waals surface area contributed by atoms with Gasteiger partial charge < -0.3 is 15.1 Å². The molecule has 4 fully saturated rings. The Kier molecular flexibility index (Phi) is 15.7. The summed E-state index contributed by atoms with van der Waals surface area (Å²) in [6.45, 7) is 26.3. The van der Waals surface area contributed by atoms with Gasteiger partial charge in [-0.1, -0.05) is 95.5 Å². The number of hydroxylamine groups is 4. The van der Waals surface area contributed by atoms with Gasteiger partial charge in [-0.05, 0) is 132 Å². The van der Waals surface area contributed by atoms with Crippen molar-refractivity contribution in [1.29, 1.82) is 0 Å². The molecule has 3 heterocycles. The van der Waals surface area contributed by atoms with E-state index in [1.165, 1.54) is 44.1 Å². The molecule has 1 aromatic carbocycles. The van der Waals surface area contributed by atoms with Crippen LogP contribution in [0.2, 0.25) is 0 Å². The highest BCUT2D eigenvalue weighted by molar-refractivity contribution is 5.47. The van der Waals surface area contributed by atoms with E-state index in [2.05, 4.69) is 125 Å². The number of hydrogen-bond donors (Lipinski definition) is 1. The van der Waals surface area contributed by atoms with E-state index in [0.717, 1.165) is 115 Å². The number of nitrogens with one attached hydrogen (secondary N) is 1. The maximum Gasteiger partial charge on any atom is 0.232 e. The fraction of sp³-hybridized carbons (Fsp3) is 0.816. The largest absolute Gasteiger partial charge is 0.354 e. The van der Waals surface area contributed by atoms with Crippen LogP contribution in [0.25, 0.3) is 0 Å². The van der Waals surface area contributed by atoms with Crippen LogP contribution in [0.3, 0.4) is 0 Å². The molecule has 1 N–H and O–H groups in total. The van der Waals surface area contributed by atoms with E-state index < -0.39 is 0 Å². The molecule has 2 saturated heterocycles.